The van der Waals surface area contributed by atoms with Gasteiger partial charge in [0.25, 0.3) is 0 Å². The SMILES string of the molecule is CCC(C)C(N=C([O-])[C@H](Cc1ccc(O)cc1)NC(=O)CCC(=O)NC)C(=O)N[C@@H](CCC(N)=O)C(=O)N[C@@H](CC(N)=O)C(=O)N[C@@H](C)C(=O)N(C)CC(=O)N[C@@H](CO)C(=O)NCC(N)=O. The lowest BCUT2D eigenvalue weighted by molar-refractivity contribution is -0.222. The summed E-state index contributed by atoms with van der Waals surface area (Å²) < 4.78 is 0. The summed E-state index contributed by atoms with van der Waals surface area (Å²) in [6, 6.07) is -3.51. The molecule has 11 amide bonds. The van der Waals surface area contributed by atoms with Gasteiger partial charge in [-0.2, -0.15) is 0 Å². The molecule has 0 heterocycles. The molecule has 0 saturated carbocycles. The van der Waals surface area contributed by atoms with Gasteiger partial charge in [-0.25, -0.2) is 0 Å². The molecule has 66 heavy (non-hydrogen) atoms. The van der Waals surface area contributed by atoms with E-state index in [0.29, 0.717) is 5.56 Å². The summed E-state index contributed by atoms with van der Waals surface area (Å²) >= 11 is 0. The van der Waals surface area contributed by atoms with E-state index in [2.05, 4.69) is 42.2 Å². The van der Waals surface area contributed by atoms with E-state index in [0.717, 1.165) is 11.9 Å². The fourth-order valence-corrected chi connectivity index (χ4v) is 5.81. The summed E-state index contributed by atoms with van der Waals surface area (Å²) in [5.74, 6) is -11.7. The minimum absolute atomic E-state index is 0.0666. The van der Waals surface area contributed by atoms with Crippen molar-refractivity contribution in [1.82, 2.24) is 42.1 Å². The maximum absolute atomic E-state index is 13.9. The van der Waals surface area contributed by atoms with Gasteiger partial charge in [-0.1, -0.05) is 32.4 Å². The molecular formula is C40H61N12O14-. The van der Waals surface area contributed by atoms with Crippen LogP contribution in [0.1, 0.15) is 64.9 Å². The number of benzene rings is 1. The van der Waals surface area contributed by atoms with Gasteiger partial charge in [0.2, 0.25) is 65.0 Å². The molecule has 0 spiro atoms. The third-order valence-corrected chi connectivity index (χ3v) is 9.69. The number of hydrogen-bond acceptors (Lipinski definition) is 15. The number of nitrogens with one attached hydrogen (secondary N) is 7. The molecule has 7 atom stereocenters. The fourth-order valence-electron chi connectivity index (χ4n) is 5.81. The Morgan fingerprint density at radius 3 is 1.83 bits per heavy atom. The first kappa shape index (κ1) is 56.6. The van der Waals surface area contributed by atoms with Crippen LogP contribution in [0.15, 0.2) is 29.3 Å². The van der Waals surface area contributed by atoms with Crippen LogP contribution in [0.2, 0.25) is 0 Å². The van der Waals surface area contributed by atoms with Gasteiger partial charge in [-0.3, -0.25) is 57.7 Å². The topological polar surface area (TPSA) is 429 Å². The molecule has 0 aromatic heterocycles. The largest absolute Gasteiger partial charge is 0.861 e. The summed E-state index contributed by atoms with van der Waals surface area (Å²) in [4.78, 5) is 143. The number of phenols is 1. The highest BCUT2D eigenvalue weighted by Crippen LogP contribution is 2.16. The van der Waals surface area contributed by atoms with Crippen molar-refractivity contribution < 1.29 is 68.1 Å². The van der Waals surface area contributed by atoms with Crippen molar-refractivity contribution in [2.24, 2.45) is 28.1 Å². The Labute approximate surface area is 380 Å². The number of hydrogen-bond donors (Lipinski definition) is 12. The van der Waals surface area contributed by atoms with Crippen LogP contribution in [-0.4, -0.2) is 156 Å². The summed E-state index contributed by atoms with van der Waals surface area (Å²) in [7, 11) is 2.55. The van der Waals surface area contributed by atoms with Gasteiger partial charge in [0, 0.05) is 33.4 Å². The second-order valence-corrected chi connectivity index (χ2v) is 15.2. The standard InChI is InChI=1S/C40H62N12O14/c1-6-20(2)34(51-38(64)25(15-22-7-9-23(54)10-8-22)47-32(59)14-13-31(58)44-4)39(65)49-24(11-12-28(41)55)36(62)50-26(16-29(42)56)37(63)46-21(3)40(66)52(5)18-33(60)48-27(19-53)35(61)45-17-30(43)57/h7-10,20-21,24-27,34,53-54H,6,11-19H2,1-5H3,(H2,41,55)(H2,42,56)(H2,43,57)(H,44,58)(H,45,61)(H,46,63)(H,47,59)(H,48,60)(H,49,65)(H,50,62)(H,51,64)/p-1/t20?,21-,24-,25-,26-,27-,34?/m0/s1. The zero-order valence-corrected chi connectivity index (χ0v) is 37.3. The van der Waals surface area contributed by atoms with E-state index in [1.807, 2.05) is 0 Å². The van der Waals surface area contributed by atoms with Gasteiger partial charge in [-0.15, -0.1) is 0 Å². The van der Waals surface area contributed by atoms with E-state index in [4.69, 9.17) is 17.2 Å². The smallest absolute Gasteiger partial charge is 0.245 e. The maximum Gasteiger partial charge on any atom is 0.245 e. The second kappa shape index (κ2) is 28.4. The highest BCUT2D eigenvalue weighted by Gasteiger charge is 2.33. The third-order valence-electron chi connectivity index (χ3n) is 9.69. The quantitative estimate of drug-likeness (QED) is 0.0263. The van der Waals surface area contributed by atoms with Crippen molar-refractivity contribution in [3.05, 3.63) is 29.8 Å². The van der Waals surface area contributed by atoms with Crippen molar-refractivity contribution in [3.63, 3.8) is 0 Å². The lowest BCUT2D eigenvalue weighted by Gasteiger charge is -2.29. The van der Waals surface area contributed by atoms with Crippen LogP contribution in [0.5, 0.6) is 5.75 Å². The molecule has 366 valence electrons. The minimum Gasteiger partial charge on any atom is -0.861 e. The Morgan fingerprint density at radius 2 is 1.29 bits per heavy atom. The number of phenolic OH excluding ortho intramolecular Hbond substituents is 1. The van der Waals surface area contributed by atoms with Gasteiger partial charge in [0.05, 0.1) is 32.2 Å². The molecule has 0 aliphatic carbocycles. The van der Waals surface area contributed by atoms with Crippen LogP contribution in [0.4, 0.5) is 0 Å². The van der Waals surface area contributed by atoms with E-state index >= 15 is 0 Å². The predicted octanol–water partition coefficient (Wildman–Crippen LogP) is -6.73. The molecule has 0 fully saturated rings. The van der Waals surface area contributed by atoms with Gasteiger partial charge in [0.1, 0.15) is 36.0 Å². The average Bonchev–Trinajstić information content (AvgIpc) is 3.25. The highest BCUT2D eigenvalue weighted by molar-refractivity contribution is 5.98. The van der Waals surface area contributed by atoms with E-state index in [9.17, 15) is 68.1 Å². The molecule has 26 nitrogen and oxygen atoms in total. The van der Waals surface area contributed by atoms with E-state index in [1.54, 1.807) is 13.8 Å². The number of primary amides is 3. The second-order valence-electron chi connectivity index (χ2n) is 15.2. The average molecular weight is 934 g/mol. The number of amides is 11. The van der Waals surface area contributed by atoms with Crippen LogP contribution in [0, 0.1) is 5.92 Å². The van der Waals surface area contributed by atoms with Crippen LogP contribution in [-0.2, 0) is 59.2 Å². The molecule has 0 radical (unpaired) electrons. The Bertz CT molecular complexity index is 1950. The van der Waals surface area contributed by atoms with E-state index < -0.39 is 152 Å². The van der Waals surface area contributed by atoms with Gasteiger partial charge < -0.3 is 74.6 Å². The molecule has 0 aliphatic heterocycles. The van der Waals surface area contributed by atoms with Crippen LogP contribution >= 0.6 is 0 Å². The third kappa shape index (κ3) is 20.9. The molecule has 0 bridgehead atoms. The first-order chi connectivity index (χ1) is 30.9. The molecule has 15 N–H and O–H groups in total. The highest BCUT2D eigenvalue weighted by atomic mass is 16.3. The molecule has 0 saturated heterocycles. The van der Waals surface area contributed by atoms with Crippen molar-refractivity contribution >= 4 is 70.9 Å². The summed E-state index contributed by atoms with van der Waals surface area (Å²) in [5.41, 5.74) is 16.1. The lowest BCUT2D eigenvalue weighted by atomic mass is 9.97. The molecule has 2 unspecified atom stereocenters. The number of aliphatic hydroxyl groups excluding tert-OH is 1. The summed E-state index contributed by atoms with van der Waals surface area (Å²) in [6.45, 7) is 2.33. The Morgan fingerprint density at radius 1 is 0.712 bits per heavy atom. The minimum atomic E-state index is -1.78. The molecule has 1 aromatic carbocycles. The molecule has 26 heteroatoms. The normalized spacial score (nSPS) is 14.2. The Kier molecular flexibility index (Phi) is 24.4. The van der Waals surface area contributed by atoms with Crippen molar-refractivity contribution in [2.45, 2.75) is 102 Å². The van der Waals surface area contributed by atoms with Crippen molar-refractivity contribution in [3.8, 4) is 5.75 Å². The van der Waals surface area contributed by atoms with Crippen LogP contribution in [0.25, 0.3) is 0 Å². The van der Waals surface area contributed by atoms with Crippen molar-refractivity contribution in [1.29, 1.82) is 0 Å². The van der Waals surface area contributed by atoms with E-state index in [1.165, 1.54) is 38.2 Å². The number of aliphatic imine (C=N–C) groups is 1. The Hall–Kier alpha value is -7.38. The molecule has 1 aromatic rings. The monoisotopic (exact) mass is 933 g/mol. The lowest BCUT2D eigenvalue weighted by Crippen LogP contribution is -2.58. The Balaban J connectivity index is 3.33. The van der Waals surface area contributed by atoms with Crippen molar-refractivity contribution in [2.75, 3.05) is 33.8 Å². The predicted molar refractivity (Wildman–Crippen MR) is 230 cm³/mol. The molecule has 1 rings (SSSR count). The van der Waals surface area contributed by atoms with Gasteiger partial charge in [-0.05, 0) is 49.3 Å². The number of carbonyl (C=O) groups excluding carboxylic acids is 11. The maximum atomic E-state index is 13.9. The molecule has 0 aliphatic rings. The van der Waals surface area contributed by atoms with Crippen LogP contribution < -0.4 is 59.5 Å². The van der Waals surface area contributed by atoms with Gasteiger partial charge >= 0.3 is 0 Å². The number of aliphatic hydroxyl groups is 1. The first-order valence-corrected chi connectivity index (χ1v) is 20.6. The zero-order chi connectivity index (χ0) is 50.3. The zero-order valence-electron chi connectivity index (χ0n) is 37.3. The fraction of sp³-hybridized carbons (Fsp3) is 0.550. The number of aromatic hydroxyl groups is 1. The summed E-state index contributed by atoms with van der Waals surface area (Å²) in [6.07, 6.45) is -2.11. The number of likely N-dealkylation sites (N-methyl/N-ethyl adjacent to an activating group) is 1. The number of nitrogens with two attached hydrogens (primary N) is 3. The number of nitrogens with zero attached hydrogens (tertiary/aromatic N) is 2. The van der Waals surface area contributed by atoms with E-state index in [-0.39, 0.29) is 31.4 Å². The number of rotatable bonds is 29. The first-order valence-electron chi connectivity index (χ1n) is 20.6. The number of carbonyl (C=O) groups is 11. The van der Waals surface area contributed by atoms with Gasteiger partial charge in [0.15, 0.2) is 0 Å². The summed E-state index contributed by atoms with van der Waals surface area (Å²) in [5, 5.41) is 49.2. The molecular weight excluding hydrogens is 873 g/mol. The van der Waals surface area contributed by atoms with Crippen LogP contribution in [0.3, 0.4) is 0 Å².